The van der Waals surface area contributed by atoms with Crippen molar-refractivity contribution in [1.82, 2.24) is 0 Å². The third kappa shape index (κ3) is 13.7. The third-order valence-electron chi connectivity index (χ3n) is 5.23. The van der Waals surface area contributed by atoms with Crippen molar-refractivity contribution in [2.75, 3.05) is 7.11 Å². The van der Waals surface area contributed by atoms with Crippen LogP contribution in [0.3, 0.4) is 0 Å². The number of hydrogen-bond donors (Lipinski definition) is 0. The topological polar surface area (TPSA) is 82.0 Å². The third-order valence-corrected chi connectivity index (χ3v) is 6.35. The Morgan fingerprint density at radius 3 is 2.00 bits per heavy atom. The minimum absolute atomic E-state index is 0.0109. The summed E-state index contributed by atoms with van der Waals surface area (Å²) in [6.45, 7) is 4.09. The van der Waals surface area contributed by atoms with Gasteiger partial charge in [-0.2, -0.15) is 8.42 Å². The monoisotopic (exact) mass is 477 g/mol. The summed E-state index contributed by atoms with van der Waals surface area (Å²) in [7, 11) is -2.83. The molecule has 0 bridgehead atoms. The smallest absolute Gasteiger partial charge is 0.358 e. The number of carbonyl (C=O) groups excluding carboxylic acids is 1. The molecular weight excluding hydrogens is 438 g/mol. The minimum Gasteiger partial charge on any atom is -0.469 e. The van der Waals surface area contributed by atoms with Crippen molar-refractivity contribution >= 4 is 21.8 Å². The van der Waals surface area contributed by atoms with Gasteiger partial charge in [0.2, 0.25) is 0 Å². The Balaban J connectivity index is 2.43. The van der Waals surface area contributed by atoms with Crippen molar-refractivity contribution in [2.45, 2.75) is 102 Å². The van der Waals surface area contributed by atoms with Gasteiger partial charge in [0.15, 0.2) is 0 Å². The van der Waals surface area contributed by atoms with E-state index in [0.717, 1.165) is 18.4 Å². The molecule has 0 N–H and O–H groups in total. The van der Waals surface area contributed by atoms with E-state index in [9.17, 15) is 13.2 Å². The minimum atomic E-state index is -4.08. The molecule has 0 atom stereocenters. The van der Waals surface area contributed by atoms with E-state index in [4.69, 9.17) is 4.28 Å². The lowest BCUT2D eigenvalue weighted by Gasteiger charge is -2.03. The van der Waals surface area contributed by atoms with Gasteiger partial charge in [0, 0.05) is 6.42 Å². The maximum atomic E-state index is 12.3. The summed E-state index contributed by atoms with van der Waals surface area (Å²) in [6.07, 6.45) is 14.2. The molecule has 33 heavy (non-hydrogen) atoms. The number of methoxy groups -OCH3 is 1. The SMILES string of the molecule is CCCCCCCCCCCCCC#C/C(CC(=O)OC)=N/OS(=O)(=O)c1ccc(C)cc1. The van der Waals surface area contributed by atoms with Crippen LogP contribution in [0.4, 0.5) is 0 Å². The number of benzene rings is 1. The zero-order valence-electron chi connectivity index (χ0n) is 20.4. The summed E-state index contributed by atoms with van der Waals surface area (Å²) in [6, 6.07) is 6.22. The quantitative estimate of drug-likeness (QED) is 0.0914. The van der Waals surface area contributed by atoms with Crippen LogP contribution in [-0.2, 0) is 23.9 Å². The van der Waals surface area contributed by atoms with Gasteiger partial charge >= 0.3 is 16.1 Å². The summed E-state index contributed by atoms with van der Waals surface area (Å²) in [5.41, 5.74) is 0.956. The van der Waals surface area contributed by atoms with Crippen molar-refractivity contribution in [2.24, 2.45) is 5.16 Å². The Morgan fingerprint density at radius 2 is 1.45 bits per heavy atom. The fourth-order valence-corrected chi connectivity index (χ4v) is 3.94. The van der Waals surface area contributed by atoms with E-state index < -0.39 is 16.1 Å². The van der Waals surface area contributed by atoms with Gasteiger partial charge in [0.25, 0.3) is 0 Å². The molecule has 0 saturated carbocycles. The van der Waals surface area contributed by atoms with Crippen molar-refractivity contribution < 1.29 is 22.2 Å². The summed E-state index contributed by atoms with van der Waals surface area (Å²) >= 11 is 0. The average molecular weight is 478 g/mol. The first-order valence-electron chi connectivity index (χ1n) is 12.0. The van der Waals surface area contributed by atoms with E-state index in [1.807, 2.05) is 6.92 Å². The molecule has 7 heteroatoms. The van der Waals surface area contributed by atoms with E-state index in [2.05, 4.69) is 28.7 Å². The number of nitrogens with zero attached hydrogens (tertiary/aromatic N) is 1. The Hall–Kier alpha value is -2.33. The van der Waals surface area contributed by atoms with Crippen LogP contribution in [0.15, 0.2) is 34.3 Å². The lowest BCUT2D eigenvalue weighted by molar-refractivity contribution is -0.139. The Bertz CT molecular complexity index is 879. The van der Waals surface area contributed by atoms with Crippen LogP contribution in [0, 0.1) is 18.8 Å². The van der Waals surface area contributed by atoms with Crippen molar-refractivity contribution in [3.05, 3.63) is 29.8 Å². The molecule has 1 rings (SSSR count). The van der Waals surface area contributed by atoms with Crippen molar-refractivity contribution in [1.29, 1.82) is 0 Å². The zero-order valence-corrected chi connectivity index (χ0v) is 21.2. The molecule has 0 amide bonds. The molecule has 0 radical (unpaired) electrons. The highest BCUT2D eigenvalue weighted by Crippen LogP contribution is 2.14. The fourth-order valence-electron chi connectivity index (χ4n) is 3.19. The molecule has 184 valence electrons. The molecule has 1 aromatic carbocycles. The van der Waals surface area contributed by atoms with Gasteiger partial charge in [-0.1, -0.05) is 99.9 Å². The number of esters is 1. The standard InChI is InChI=1S/C26H39NO5S/c1-4-5-6-7-8-9-10-11-12-13-14-15-16-17-24(22-26(28)31-3)27-32-33(29,30)25-20-18-23(2)19-21-25/h18-21H,4-15,22H2,1-3H3/b27-24-. The van der Waals surface area contributed by atoms with E-state index >= 15 is 0 Å². The van der Waals surface area contributed by atoms with Gasteiger partial charge in [-0.3, -0.25) is 9.08 Å². The normalized spacial score (nSPS) is 11.5. The first-order chi connectivity index (χ1) is 15.9. The number of oxime groups is 1. The highest BCUT2D eigenvalue weighted by molar-refractivity contribution is 7.86. The van der Waals surface area contributed by atoms with Crippen molar-refractivity contribution in [3.8, 4) is 11.8 Å². The van der Waals surface area contributed by atoms with Crippen LogP contribution < -0.4 is 0 Å². The second-order valence-corrected chi connectivity index (χ2v) is 9.75. The largest absolute Gasteiger partial charge is 0.469 e. The number of rotatable bonds is 16. The van der Waals surface area contributed by atoms with E-state index in [1.54, 1.807) is 12.1 Å². The fraction of sp³-hybridized carbons (Fsp3) is 0.615. The lowest BCUT2D eigenvalue weighted by atomic mass is 10.1. The molecule has 0 unspecified atom stereocenters. The molecule has 0 spiro atoms. The second-order valence-electron chi connectivity index (χ2n) is 8.22. The molecule has 6 nitrogen and oxygen atoms in total. The van der Waals surface area contributed by atoms with E-state index in [0.29, 0.717) is 6.42 Å². The Kier molecular flexibility index (Phi) is 14.9. The number of carbonyl (C=O) groups is 1. The van der Waals surface area contributed by atoms with Crippen LogP contribution in [0.1, 0.15) is 96.0 Å². The number of ether oxygens (including phenoxy) is 1. The highest BCUT2D eigenvalue weighted by atomic mass is 32.2. The molecule has 0 aliphatic rings. The predicted octanol–water partition coefficient (Wildman–Crippen LogP) is 6.32. The first kappa shape index (κ1) is 28.7. The van der Waals surface area contributed by atoms with Crippen LogP contribution in [-0.4, -0.2) is 27.2 Å². The molecule has 0 heterocycles. The predicted molar refractivity (Wildman–Crippen MR) is 132 cm³/mol. The number of unbranched alkanes of at least 4 members (excludes halogenated alkanes) is 11. The van der Waals surface area contributed by atoms with Crippen molar-refractivity contribution in [3.63, 3.8) is 0 Å². The van der Waals surface area contributed by atoms with Gasteiger partial charge in [-0.15, -0.1) is 0 Å². The van der Waals surface area contributed by atoms with Gasteiger partial charge in [-0.05, 0) is 31.4 Å². The summed E-state index contributed by atoms with van der Waals surface area (Å²) in [4.78, 5) is 11.6. The summed E-state index contributed by atoms with van der Waals surface area (Å²) in [5, 5.41) is 3.63. The van der Waals surface area contributed by atoms with Crippen LogP contribution in [0.5, 0.6) is 0 Å². The molecule has 0 aliphatic carbocycles. The maximum Gasteiger partial charge on any atom is 0.358 e. The Labute approximate surface area is 200 Å². The molecule has 1 aromatic rings. The van der Waals surface area contributed by atoms with Gasteiger partial charge in [0.05, 0.1) is 13.5 Å². The lowest BCUT2D eigenvalue weighted by Crippen LogP contribution is -2.10. The van der Waals surface area contributed by atoms with Gasteiger partial charge in [0.1, 0.15) is 10.6 Å². The molecular formula is C26H39NO5S. The summed E-state index contributed by atoms with van der Waals surface area (Å²) in [5.74, 6) is 5.17. The first-order valence-corrected chi connectivity index (χ1v) is 13.4. The van der Waals surface area contributed by atoms with E-state index in [-0.39, 0.29) is 17.0 Å². The highest BCUT2D eigenvalue weighted by Gasteiger charge is 2.16. The molecule has 0 fully saturated rings. The summed E-state index contributed by atoms with van der Waals surface area (Å²) < 4.78 is 34.0. The molecule has 0 saturated heterocycles. The Morgan fingerprint density at radius 1 is 0.909 bits per heavy atom. The van der Waals surface area contributed by atoms with E-state index in [1.165, 1.54) is 77.0 Å². The van der Waals surface area contributed by atoms with Gasteiger partial charge in [-0.25, -0.2) is 0 Å². The average Bonchev–Trinajstić information content (AvgIpc) is 2.80. The molecule has 0 aliphatic heterocycles. The second kappa shape index (κ2) is 17.2. The van der Waals surface area contributed by atoms with Crippen LogP contribution >= 0.6 is 0 Å². The molecule has 0 aromatic heterocycles. The zero-order chi connectivity index (χ0) is 24.4. The van der Waals surface area contributed by atoms with Crippen LogP contribution in [0.2, 0.25) is 0 Å². The number of aryl methyl sites for hydroxylation is 1. The van der Waals surface area contributed by atoms with Crippen LogP contribution in [0.25, 0.3) is 0 Å². The number of hydrogen-bond acceptors (Lipinski definition) is 6. The maximum absolute atomic E-state index is 12.3. The van der Waals surface area contributed by atoms with Gasteiger partial charge < -0.3 is 4.74 Å².